The van der Waals surface area contributed by atoms with Gasteiger partial charge in [-0.25, -0.2) is 4.79 Å². The van der Waals surface area contributed by atoms with Crippen LogP contribution in [0.3, 0.4) is 0 Å². The van der Waals surface area contributed by atoms with E-state index in [0.29, 0.717) is 5.56 Å². The molecule has 0 amide bonds. The van der Waals surface area contributed by atoms with E-state index in [4.69, 9.17) is 4.42 Å². The molecule has 0 atom stereocenters. The second kappa shape index (κ2) is 2.79. The molecule has 0 aliphatic carbocycles. The highest BCUT2D eigenvalue weighted by Gasteiger charge is 2.10. The summed E-state index contributed by atoms with van der Waals surface area (Å²) >= 11 is 3.87. The number of esters is 1. The zero-order chi connectivity index (χ0) is 7.56. The van der Waals surface area contributed by atoms with Gasteiger partial charge in [-0.3, -0.25) is 0 Å². The van der Waals surface area contributed by atoms with E-state index in [9.17, 15) is 4.79 Å². The Morgan fingerprint density at radius 2 is 2.50 bits per heavy atom. The Labute approximate surface area is 63.4 Å². The van der Waals surface area contributed by atoms with E-state index in [1.165, 1.54) is 19.4 Å². The standard InChI is InChI=1S/C6H6O3S/c1-8-5(7)4-2-3-9-6(4)10/h2-3,10H,1H3. The second-order valence-corrected chi connectivity index (χ2v) is 2.04. The molecule has 0 aromatic carbocycles. The van der Waals surface area contributed by atoms with Crippen molar-refractivity contribution in [2.75, 3.05) is 7.11 Å². The predicted molar refractivity (Wildman–Crippen MR) is 37.3 cm³/mol. The summed E-state index contributed by atoms with van der Waals surface area (Å²) < 4.78 is 9.18. The van der Waals surface area contributed by atoms with Crippen LogP contribution in [-0.2, 0) is 4.74 Å². The normalized spacial score (nSPS) is 9.40. The number of hydrogen-bond acceptors (Lipinski definition) is 4. The van der Waals surface area contributed by atoms with Gasteiger partial charge in [0.2, 0.25) is 0 Å². The van der Waals surface area contributed by atoms with Crippen LogP contribution in [0.5, 0.6) is 0 Å². The van der Waals surface area contributed by atoms with Crippen LogP contribution >= 0.6 is 12.6 Å². The van der Waals surface area contributed by atoms with Gasteiger partial charge in [-0.15, -0.1) is 12.6 Å². The highest BCUT2D eigenvalue weighted by atomic mass is 32.1. The van der Waals surface area contributed by atoms with E-state index in [-0.39, 0.29) is 5.09 Å². The third-order valence-electron chi connectivity index (χ3n) is 1.05. The van der Waals surface area contributed by atoms with Crippen molar-refractivity contribution in [1.29, 1.82) is 0 Å². The number of carbonyl (C=O) groups excluding carboxylic acids is 1. The third kappa shape index (κ3) is 1.16. The summed E-state index contributed by atoms with van der Waals surface area (Å²) in [5, 5.41) is 0.284. The highest BCUT2D eigenvalue weighted by molar-refractivity contribution is 7.80. The highest BCUT2D eigenvalue weighted by Crippen LogP contribution is 2.14. The molecule has 4 heteroatoms. The Kier molecular flexibility index (Phi) is 2.01. The average molecular weight is 158 g/mol. The lowest BCUT2D eigenvalue weighted by Gasteiger charge is -1.92. The molecule has 54 valence electrons. The lowest BCUT2D eigenvalue weighted by molar-refractivity contribution is 0.0594. The summed E-state index contributed by atoms with van der Waals surface area (Å²) in [6.45, 7) is 0. The van der Waals surface area contributed by atoms with E-state index in [1.807, 2.05) is 0 Å². The number of thiol groups is 1. The summed E-state index contributed by atoms with van der Waals surface area (Å²) in [5.74, 6) is -0.432. The molecule has 0 saturated heterocycles. The molecule has 0 N–H and O–H groups in total. The van der Waals surface area contributed by atoms with Gasteiger partial charge in [0, 0.05) is 0 Å². The van der Waals surface area contributed by atoms with Crippen LogP contribution in [-0.4, -0.2) is 13.1 Å². The van der Waals surface area contributed by atoms with Crippen LogP contribution in [0.4, 0.5) is 0 Å². The molecule has 1 aromatic rings. The van der Waals surface area contributed by atoms with Crippen LogP contribution in [0.25, 0.3) is 0 Å². The van der Waals surface area contributed by atoms with E-state index in [1.54, 1.807) is 0 Å². The van der Waals surface area contributed by atoms with Crippen molar-refractivity contribution < 1.29 is 13.9 Å². The minimum atomic E-state index is -0.432. The fraction of sp³-hybridized carbons (Fsp3) is 0.167. The number of ether oxygens (including phenoxy) is 1. The number of methoxy groups -OCH3 is 1. The van der Waals surface area contributed by atoms with E-state index in [0.717, 1.165) is 0 Å². The molecule has 0 bridgehead atoms. The fourth-order valence-electron chi connectivity index (χ4n) is 0.567. The van der Waals surface area contributed by atoms with Crippen molar-refractivity contribution in [2.45, 2.75) is 5.09 Å². The van der Waals surface area contributed by atoms with Crippen molar-refractivity contribution >= 4 is 18.6 Å². The fourth-order valence-corrected chi connectivity index (χ4v) is 0.793. The lowest BCUT2D eigenvalue weighted by Crippen LogP contribution is -1.99. The van der Waals surface area contributed by atoms with Crippen molar-refractivity contribution in [2.24, 2.45) is 0 Å². The van der Waals surface area contributed by atoms with Crippen LogP contribution in [0, 0.1) is 0 Å². The van der Waals surface area contributed by atoms with Crippen molar-refractivity contribution in [1.82, 2.24) is 0 Å². The molecule has 3 nitrogen and oxygen atoms in total. The maximum Gasteiger partial charge on any atom is 0.342 e. The molecular formula is C6H6O3S. The van der Waals surface area contributed by atoms with Crippen LogP contribution in [0.1, 0.15) is 10.4 Å². The van der Waals surface area contributed by atoms with Crippen molar-refractivity contribution in [3.63, 3.8) is 0 Å². The maximum atomic E-state index is 10.8. The molecule has 1 aromatic heterocycles. The van der Waals surface area contributed by atoms with E-state index >= 15 is 0 Å². The molecule has 0 fully saturated rings. The minimum absolute atomic E-state index is 0.284. The molecule has 0 unspecified atom stereocenters. The van der Waals surface area contributed by atoms with Gasteiger partial charge in [-0.2, -0.15) is 0 Å². The Bertz CT molecular complexity index is 241. The smallest absolute Gasteiger partial charge is 0.342 e. The molecule has 1 heterocycles. The Morgan fingerprint density at radius 1 is 1.80 bits per heavy atom. The summed E-state index contributed by atoms with van der Waals surface area (Å²) in [4.78, 5) is 10.8. The van der Waals surface area contributed by atoms with Crippen LogP contribution in [0.2, 0.25) is 0 Å². The average Bonchev–Trinajstić information content (AvgIpc) is 2.34. The Hall–Kier alpha value is -0.900. The lowest BCUT2D eigenvalue weighted by atomic mass is 10.3. The topological polar surface area (TPSA) is 39.4 Å². The number of rotatable bonds is 1. The molecular weight excluding hydrogens is 152 g/mol. The van der Waals surface area contributed by atoms with Gasteiger partial charge < -0.3 is 9.15 Å². The molecule has 10 heavy (non-hydrogen) atoms. The first-order chi connectivity index (χ1) is 4.75. The van der Waals surface area contributed by atoms with Gasteiger partial charge in [0.1, 0.15) is 5.56 Å². The van der Waals surface area contributed by atoms with Crippen LogP contribution < -0.4 is 0 Å². The summed E-state index contributed by atoms with van der Waals surface area (Å²) in [6, 6.07) is 1.51. The number of furan rings is 1. The van der Waals surface area contributed by atoms with Gasteiger partial charge in [-0.05, 0) is 6.07 Å². The third-order valence-corrected chi connectivity index (χ3v) is 1.40. The summed E-state index contributed by atoms with van der Waals surface area (Å²) in [6.07, 6.45) is 1.38. The van der Waals surface area contributed by atoms with E-state index < -0.39 is 5.97 Å². The number of carbonyl (C=O) groups is 1. The van der Waals surface area contributed by atoms with E-state index in [2.05, 4.69) is 17.4 Å². The van der Waals surface area contributed by atoms with Gasteiger partial charge in [-0.1, -0.05) is 0 Å². The second-order valence-electron chi connectivity index (χ2n) is 1.63. The zero-order valence-electron chi connectivity index (χ0n) is 5.33. The molecule has 0 spiro atoms. The SMILES string of the molecule is COC(=O)c1ccoc1S. The molecule has 0 saturated carbocycles. The summed E-state index contributed by atoms with van der Waals surface area (Å²) in [7, 11) is 1.31. The van der Waals surface area contributed by atoms with Crippen LogP contribution in [0.15, 0.2) is 21.8 Å². The van der Waals surface area contributed by atoms with Gasteiger partial charge in [0.05, 0.1) is 13.4 Å². The first-order valence-electron chi connectivity index (χ1n) is 2.60. The maximum absolute atomic E-state index is 10.8. The largest absolute Gasteiger partial charge is 0.465 e. The monoisotopic (exact) mass is 158 g/mol. The van der Waals surface area contributed by atoms with Gasteiger partial charge in [0.25, 0.3) is 0 Å². The van der Waals surface area contributed by atoms with Crippen molar-refractivity contribution in [3.05, 3.63) is 17.9 Å². The first-order valence-corrected chi connectivity index (χ1v) is 3.05. The Balaban J connectivity index is 2.93. The Morgan fingerprint density at radius 3 is 2.90 bits per heavy atom. The predicted octanol–water partition coefficient (Wildman–Crippen LogP) is 1.35. The number of hydrogen-bond donors (Lipinski definition) is 1. The minimum Gasteiger partial charge on any atom is -0.465 e. The first kappa shape index (κ1) is 7.21. The molecule has 0 aliphatic rings. The van der Waals surface area contributed by atoms with Crippen molar-refractivity contribution in [3.8, 4) is 0 Å². The molecule has 0 aliphatic heterocycles. The van der Waals surface area contributed by atoms with Gasteiger partial charge in [0.15, 0.2) is 5.09 Å². The summed E-state index contributed by atoms with van der Waals surface area (Å²) in [5.41, 5.74) is 0.353. The molecule has 1 rings (SSSR count). The zero-order valence-corrected chi connectivity index (χ0v) is 6.22. The quantitative estimate of drug-likeness (QED) is 0.495. The molecule has 0 radical (unpaired) electrons. The van der Waals surface area contributed by atoms with Gasteiger partial charge >= 0.3 is 5.97 Å².